The van der Waals surface area contributed by atoms with Gasteiger partial charge in [-0.05, 0) is 0 Å². The molecule has 35 heavy (non-hydrogen) atoms. The Hall–Kier alpha value is -1.15. The van der Waals surface area contributed by atoms with Gasteiger partial charge in [-0.2, -0.15) is 79.0 Å². The Bertz CT molecular complexity index is 712. The first-order valence-electron chi connectivity index (χ1n) is 7.93. The van der Waals surface area contributed by atoms with Gasteiger partial charge >= 0.3 is 55.7 Å². The molecule has 4 nitrogen and oxygen atoms in total. The highest BCUT2D eigenvalue weighted by Crippen LogP contribution is 2.56. The second-order valence-electron chi connectivity index (χ2n) is 6.34. The molecule has 0 aromatic carbocycles. The Morgan fingerprint density at radius 1 is 0.486 bits per heavy atom. The standard InChI is InChI=1S/C12H9F18O4P/c13-5(14,7(17,18)9(21,22)11(25,26)27)1-3-33-35(31,32)34-4-2-6(15,16)8(19,20)10(23,24)12(28,29)30/h1-4H2,(H,31,32). The fourth-order valence-electron chi connectivity index (χ4n) is 1.75. The molecule has 0 heterocycles. The van der Waals surface area contributed by atoms with Gasteiger partial charge in [0.05, 0.1) is 13.2 Å². The summed E-state index contributed by atoms with van der Waals surface area (Å²) in [6.45, 7) is -4.69. The van der Waals surface area contributed by atoms with Crippen molar-refractivity contribution in [2.24, 2.45) is 0 Å². The largest absolute Gasteiger partial charge is 0.472 e. The normalized spacial score (nSPS) is 16.1. The molecular weight excluding hydrogens is 581 g/mol. The van der Waals surface area contributed by atoms with Gasteiger partial charge in [-0.1, -0.05) is 0 Å². The molecule has 0 radical (unpaired) electrons. The summed E-state index contributed by atoms with van der Waals surface area (Å²) < 4.78 is 245. The van der Waals surface area contributed by atoms with Crippen LogP contribution >= 0.6 is 7.82 Å². The van der Waals surface area contributed by atoms with Gasteiger partial charge in [0.25, 0.3) is 0 Å². The van der Waals surface area contributed by atoms with Crippen LogP contribution in [0.3, 0.4) is 0 Å². The number of hydrogen-bond acceptors (Lipinski definition) is 3. The number of rotatable bonds is 12. The average Bonchev–Trinajstić information content (AvgIpc) is 2.58. The Balaban J connectivity index is 5.19. The van der Waals surface area contributed by atoms with Crippen LogP contribution in [0.5, 0.6) is 0 Å². The SMILES string of the molecule is O=P(O)(OCCC(F)(F)C(F)(F)C(F)(F)C(F)(F)F)OCCC(F)(F)C(F)(F)C(F)(F)C(F)(F)F. The molecule has 1 N–H and O–H groups in total. The van der Waals surface area contributed by atoms with E-state index in [9.17, 15) is 83.6 Å². The Labute approximate surface area is 180 Å². The molecule has 23 heteroatoms. The lowest BCUT2D eigenvalue weighted by molar-refractivity contribution is -0.397. The van der Waals surface area contributed by atoms with Crippen molar-refractivity contribution in [2.45, 2.75) is 60.7 Å². The molecule has 0 atom stereocenters. The fraction of sp³-hybridized carbons (Fsp3) is 1.00. The van der Waals surface area contributed by atoms with Crippen LogP contribution in [-0.4, -0.2) is 66.0 Å². The highest BCUT2D eigenvalue weighted by molar-refractivity contribution is 7.47. The van der Waals surface area contributed by atoms with E-state index in [1.807, 2.05) is 0 Å². The van der Waals surface area contributed by atoms with Crippen molar-refractivity contribution >= 4 is 7.82 Å². The molecule has 0 bridgehead atoms. The second-order valence-corrected chi connectivity index (χ2v) is 7.79. The molecule has 0 aliphatic heterocycles. The summed E-state index contributed by atoms with van der Waals surface area (Å²) in [5, 5.41) is 0. The van der Waals surface area contributed by atoms with Crippen molar-refractivity contribution in [3.8, 4) is 0 Å². The zero-order valence-corrected chi connectivity index (χ0v) is 16.6. The minimum absolute atomic E-state index is 2.34. The predicted molar refractivity (Wildman–Crippen MR) is 72.8 cm³/mol. The van der Waals surface area contributed by atoms with E-state index in [-0.39, 0.29) is 0 Å². The molecular formula is C12H9F18O4P. The summed E-state index contributed by atoms with van der Waals surface area (Å²) in [5.41, 5.74) is 0. The van der Waals surface area contributed by atoms with Gasteiger partial charge in [0.2, 0.25) is 0 Å². The third kappa shape index (κ3) is 6.60. The van der Waals surface area contributed by atoms with Gasteiger partial charge in [-0.15, -0.1) is 0 Å². The smallest absolute Gasteiger partial charge is 0.302 e. The van der Waals surface area contributed by atoms with Gasteiger partial charge < -0.3 is 4.89 Å². The topological polar surface area (TPSA) is 55.8 Å². The molecule has 0 rings (SSSR count). The maximum absolute atomic E-state index is 13.2. The second kappa shape index (κ2) is 9.62. The van der Waals surface area contributed by atoms with Crippen molar-refractivity contribution in [2.75, 3.05) is 13.2 Å². The third-order valence-corrected chi connectivity index (χ3v) is 4.78. The van der Waals surface area contributed by atoms with Crippen LogP contribution in [0.4, 0.5) is 79.0 Å². The zero-order chi connectivity index (χ0) is 28.7. The minimum Gasteiger partial charge on any atom is -0.302 e. The first kappa shape index (κ1) is 33.8. The summed E-state index contributed by atoms with van der Waals surface area (Å²) in [5.74, 6) is -41.6. The van der Waals surface area contributed by atoms with Crippen LogP contribution < -0.4 is 0 Å². The molecule has 0 aliphatic rings. The fourth-order valence-corrected chi connectivity index (χ4v) is 2.46. The lowest BCUT2D eigenvalue weighted by Crippen LogP contribution is -2.61. The van der Waals surface area contributed by atoms with Gasteiger partial charge in [0.15, 0.2) is 0 Å². The lowest BCUT2D eigenvalue weighted by atomic mass is 10.0. The highest BCUT2D eigenvalue weighted by atomic mass is 31.2. The third-order valence-electron chi connectivity index (χ3n) is 3.76. The van der Waals surface area contributed by atoms with E-state index in [2.05, 4.69) is 9.05 Å². The Kier molecular flexibility index (Phi) is 9.31. The first-order chi connectivity index (χ1) is 14.9. The minimum atomic E-state index is -7.34. The molecule has 0 amide bonds. The van der Waals surface area contributed by atoms with Gasteiger partial charge in [-0.25, -0.2) is 4.57 Å². The van der Waals surface area contributed by atoms with E-state index in [1.165, 1.54) is 0 Å². The van der Waals surface area contributed by atoms with Crippen LogP contribution in [0.2, 0.25) is 0 Å². The highest BCUT2D eigenvalue weighted by Gasteiger charge is 2.82. The Morgan fingerprint density at radius 2 is 0.714 bits per heavy atom. The molecule has 0 fully saturated rings. The lowest BCUT2D eigenvalue weighted by Gasteiger charge is -2.34. The number of phosphoric acid groups is 1. The van der Waals surface area contributed by atoms with E-state index >= 15 is 0 Å². The summed E-state index contributed by atoms with van der Waals surface area (Å²) in [7, 11) is -6.09. The van der Waals surface area contributed by atoms with Crippen molar-refractivity contribution in [1.82, 2.24) is 0 Å². The van der Waals surface area contributed by atoms with E-state index < -0.39 is 81.8 Å². The average molecular weight is 590 g/mol. The van der Waals surface area contributed by atoms with E-state index in [0.29, 0.717) is 0 Å². The number of halogens is 18. The number of phosphoric ester groups is 1. The van der Waals surface area contributed by atoms with Crippen LogP contribution in [0.15, 0.2) is 0 Å². The van der Waals surface area contributed by atoms with E-state index in [1.54, 1.807) is 0 Å². The van der Waals surface area contributed by atoms with Crippen molar-refractivity contribution in [3.05, 3.63) is 0 Å². The van der Waals surface area contributed by atoms with Crippen LogP contribution in [0.1, 0.15) is 12.8 Å². The van der Waals surface area contributed by atoms with Crippen LogP contribution in [0.25, 0.3) is 0 Å². The summed E-state index contributed by atoms with van der Waals surface area (Å²) in [4.78, 5) is 8.88. The van der Waals surface area contributed by atoms with E-state index in [4.69, 9.17) is 4.89 Å². The summed E-state index contributed by atoms with van der Waals surface area (Å²) in [6.07, 6.45) is -20.2. The molecule has 0 saturated heterocycles. The molecule has 0 aromatic heterocycles. The number of hydrogen-bond donors (Lipinski definition) is 1. The molecule has 0 spiro atoms. The quantitative estimate of drug-likeness (QED) is 0.200. The van der Waals surface area contributed by atoms with Crippen LogP contribution in [-0.2, 0) is 13.6 Å². The van der Waals surface area contributed by atoms with Gasteiger partial charge in [0.1, 0.15) is 0 Å². The zero-order valence-electron chi connectivity index (χ0n) is 15.8. The van der Waals surface area contributed by atoms with Gasteiger partial charge in [-0.3, -0.25) is 9.05 Å². The van der Waals surface area contributed by atoms with Crippen molar-refractivity contribution in [3.63, 3.8) is 0 Å². The summed E-state index contributed by atoms with van der Waals surface area (Å²) >= 11 is 0. The van der Waals surface area contributed by atoms with Crippen LogP contribution in [0, 0.1) is 0 Å². The monoisotopic (exact) mass is 590 g/mol. The molecule has 0 unspecified atom stereocenters. The van der Waals surface area contributed by atoms with E-state index in [0.717, 1.165) is 0 Å². The predicted octanol–water partition coefficient (Wildman–Crippen LogP) is 6.84. The van der Waals surface area contributed by atoms with Crippen molar-refractivity contribution in [1.29, 1.82) is 0 Å². The Morgan fingerprint density at radius 3 is 0.914 bits per heavy atom. The van der Waals surface area contributed by atoms with Gasteiger partial charge in [0, 0.05) is 12.8 Å². The molecule has 0 aliphatic carbocycles. The first-order valence-corrected chi connectivity index (χ1v) is 9.43. The maximum atomic E-state index is 13.2. The van der Waals surface area contributed by atoms with Crippen molar-refractivity contribution < 1.29 is 97.5 Å². The maximum Gasteiger partial charge on any atom is 0.472 e. The molecule has 212 valence electrons. The number of alkyl halides is 18. The molecule has 0 aromatic rings. The molecule has 0 saturated carbocycles. The summed E-state index contributed by atoms with van der Waals surface area (Å²) in [6, 6.07) is 0.